The van der Waals surface area contributed by atoms with Crippen molar-refractivity contribution in [2.24, 2.45) is 0 Å². The highest BCUT2D eigenvalue weighted by atomic mass is 16.5. The van der Waals surface area contributed by atoms with Crippen molar-refractivity contribution in [1.29, 1.82) is 0 Å². The molecule has 0 aliphatic heterocycles. The average Bonchev–Trinajstić information content (AvgIpc) is 3.09. The smallest absolute Gasteiger partial charge is 0.221 e. The molecule has 3 N–H and O–H groups in total. The fourth-order valence-electron chi connectivity index (χ4n) is 3.29. The van der Waals surface area contributed by atoms with E-state index in [2.05, 4.69) is 29.4 Å². The summed E-state index contributed by atoms with van der Waals surface area (Å²) in [5.74, 6) is 1.01. The van der Waals surface area contributed by atoms with Crippen LogP contribution < -0.4 is 10.1 Å². The van der Waals surface area contributed by atoms with E-state index >= 15 is 0 Å². The Kier molecular flexibility index (Phi) is 5.19. The monoisotopic (exact) mass is 337 g/mol. The second-order valence-electron chi connectivity index (χ2n) is 6.38. The molecule has 0 amide bonds. The minimum absolute atomic E-state index is 0.147. The first kappa shape index (κ1) is 17.2. The number of benzene rings is 2. The molecule has 0 saturated heterocycles. The van der Waals surface area contributed by atoms with Crippen LogP contribution >= 0.6 is 0 Å². The van der Waals surface area contributed by atoms with E-state index in [1.807, 2.05) is 49.5 Å². The molecule has 0 fully saturated rings. The number of ether oxygens (including phenoxy) is 1. The van der Waals surface area contributed by atoms with Crippen molar-refractivity contribution in [3.63, 3.8) is 0 Å². The fraction of sp³-hybridized carbons (Fsp3) is 0.286. The number of rotatable bonds is 7. The number of nitrogens with one attached hydrogen (secondary N) is 1. The van der Waals surface area contributed by atoms with Crippen LogP contribution in [0.2, 0.25) is 0 Å². The highest BCUT2D eigenvalue weighted by Gasteiger charge is 2.25. The molecule has 0 aliphatic carbocycles. The molecule has 1 heterocycles. The number of H-pyrrole nitrogens is 1. The summed E-state index contributed by atoms with van der Waals surface area (Å²) in [6.07, 6.45) is 2.78. The van der Waals surface area contributed by atoms with Crippen LogP contribution in [0.15, 0.2) is 54.7 Å². The van der Waals surface area contributed by atoms with Crippen LogP contribution in [0.3, 0.4) is 0 Å². The number of methoxy groups -OCH3 is 1. The molecule has 3 rings (SSSR count). The van der Waals surface area contributed by atoms with E-state index in [4.69, 9.17) is 4.74 Å². The predicted octanol–water partition coefficient (Wildman–Crippen LogP) is 3.46. The molecule has 4 nitrogen and oxygen atoms in total. The van der Waals surface area contributed by atoms with Gasteiger partial charge in [-0.05, 0) is 37.3 Å². The number of fused-ring (bicyclic) bond motifs is 1. The van der Waals surface area contributed by atoms with Crippen molar-refractivity contribution in [1.82, 2.24) is 4.98 Å². The Morgan fingerprint density at radius 1 is 1.16 bits per heavy atom. The molecule has 2 atom stereocenters. The maximum absolute atomic E-state index is 12.9. The molecule has 0 unspecified atom stereocenters. The molecule has 25 heavy (non-hydrogen) atoms. The molecule has 0 saturated carbocycles. The van der Waals surface area contributed by atoms with Crippen LogP contribution in [0.5, 0.6) is 5.75 Å². The van der Waals surface area contributed by atoms with E-state index in [1.165, 1.54) is 5.56 Å². The number of hydrogen-bond acceptors (Lipinski definition) is 2. The molecule has 1 aromatic heterocycles. The van der Waals surface area contributed by atoms with Gasteiger partial charge in [0.2, 0.25) is 5.78 Å². The van der Waals surface area contributed by atoms with Gasteiger partial charge < -0.3 is 15.0 Å². The Balaban J connectivity index is 1.77. The van der Waals surface area contributed by atoms with Gasteiger partial charge in [-0.2, -0.15) is 0 Å². The number of quaternary nitrogens is 1. The van der Waals surface area contributed by atoms with Gasteiger partial charge in [0.1, 0.15) is 17.8 Å². The summed E-state index contributed by atoms with van der Waals surface area (Å²) in [7, 11) is 1.67. The third-order valence-corrected chi connectivity index (χ3v) is 4.77. The molecule has 130 valence electrons. The van der Waals surface area contributed by atoms with Crippen LogP contribution in [-0.4, -0.2) is 23.9 Å². The summed E-state index contributed by atoms with van der Waals surface area (Å²) in [5, 5.41) is 3.15. The van der Waals surface area contributed by atoms with E-state index < -0.39 is 0 Å². The van der Waals surface area contributed by atoms with Crippen molar-refractivity contribution in [3.8, 4) is 5.75 Å². The number of aromatic nitrogens is 1. The molecule has 0 bridgehead atoms. The highest BCUT2D eigenvalue weighted by molar-refractivity contribution is 6.09. The number of Topliss-reactive ketones (excluding diaryl/α,β-unsaturated/α-hetero) is 1. The number of nitrogens with two attached hydrogens (primary N) is 1. The molecule has 4 heteroatoms. The van der Waals surface area contributed by atoms with Crippen molar-refractivity contribution < 1.29 is 14.8 Å². The first-order chi connectivity index (χ1) is 12.1. The van der Waals surface area contributed by atoms with E-state index in [0.717, 1.165) is 28.6 Å². The molecular formula is C21H25N2O2+. The van der Waals surface area contributed by atoms with Gasteiger partial charge >= 0.3 is 0 Å². The van der Waals surface area contributed by atoms with E-state index in [0.29, 0.717) is 0 Å². The fourth-order valence-corrected chi connectivity index (χ4v) is 3.29. The van der Waals surface area contributed by atoms with Gasteiger partial charge in [0.05, 0.1) is 7.11 Å². The van der Waals surface area contributed by atoms with Gasteiger partial charge in [0.25, 0.3) is 0 Å². The number of hydrogen-bond donors (Lipinski definition) is 2. The number of aromatic amines is 1. The van der Waals surface area contributed by atoms with Crippen LogP contribution in [-0.2, 0) is 0 Å². The quantitative estimate of drug-likeness (QED) is 0.649. The minimum Gasteiger partial charge on any atom is -0.497 e. The topological polar surface area (TPSA) is 58.7 Å². The van der Waals surface area contributed by atoms with Gasteiger partial charge in [-0.15, -0.1) is 0 Å². The van der Waals surface area contributed by atoms with Crippen molar-refractivity contribution in [3.05, 3.63) is 65.9 Å². The van der Waals surface area contributed by atoms with Crippen LogP contribution in [0.4, 0.5) is 0 Å². The maximum atomic E-state index is 12.9. The predicted molar refractivity (Wildman–Crippen MR) is 100 cm³/mol. The largest absolute Gasteiger partial charge is 0.497 e. The first-order valence-electron chi connectivity index (χ1n) is 8.73. The zero-order valence-electron chi connectivity index (χ0n) is 15.0. The zero-order chi connectivity index (χ0) is 17.8. The standard InChI is InChI=1S/C21H24N2O2/c1-4-19(15-9-11-16(25-3)12-10-15)23-14(2)21(24)18-13-22-20-8-6-5-7-17(18)20/h5-14,19,22-23H,4H2,1-3H3/p+1/t14-,19+/m0/s1. The lowest BCUT2D eigenvalue weighted by Crippen LogP contribution is -2.91. The Bertz CT molecular complexity index is 852. The van der Waals surface area contributed by atoms with Gasteiger partial charge in [-0.1, -0.05) is 25.1 Å². The average molecular weight is 337 g/mol. The molecule has 3 aromatic rings. The van der Waals surface area contributed by atoms with Crippen molar-refractivity contribution in [2.45, 2.75) is 32.4 Å². The third kappa shape index (κ3) is 3.59. The lowest BCUT2D eigenvalue weighted by molar-refractivity contribution is -0.712. The third-order valence-electron chi connectivity index (χ3n) is 4.77. The maximum Gasteiger partial charge on any atom is 0.221 e. The lowest BCUT2D eigenvalue weighted by Gasteiger charge is -2.18. The first-order valence-corrected chi connectivity index (χ1v) is 8.73. The SMILES string of the molecule is CC[C@@H]([NH2+][C@@H](C)C(=O)c1c[nH]c2ccccc12)c1ccc(OC)cc1. The zero-order valence-corrected chi connectivity index (χ0v) is 15.0. The summed E-state index contributed by atoms with van der Waals surface area (Å²) in [4.78, 5) is 16.1. The second-order valence-corrected chi connectivity index (χ2v) is 6.38. The number of carbonyl (C=O) groups is 1. The van der Waals surface area contributed by atoms with Crippen molar-refractivity contribution in [2.75, 3.05) is 7.11 Å². The lowest BCUT2D eigenvalue weighted by atomic mass is 10.00. The van der Waals surface area contributed by atoms with Gasteiger partial charge in [0.15, 0.2) is 0 Å². The summed E-state index contributed by atoms with van der Waals surface area (Å²) in [6, 6.07) is 16.1. The van der Waals surface area contributed by atoms with Gasteiger partial charge in [0, 0.05) is 34.6 Å². The van der Waals surface area contributed by atoms with E-state index in [9.17, 15) is 4.79 Å². The summed E-state index contributed by atoms with van der Waals surface area (Å²) >= 11 is 0. The van der Waals surface area contributed by atoms with Crippen LogP contribution in [0.25, 0.3) is 10.9 Å². The number of ketones is 1. The minimum atomic E-state index is -0.147. The summed E-state index contributed by atoms with van der Waals surface area (Å²) < 4.78 is 5.22. The Hall–Kier alpha value is -2.59. The van der Waals surface area contributed by atoms with E-state index in [1.54, 1.807) is 7.11 Å². The van der Waals surface area contributed by atoms with Crippen molar-refractivity contribution >= 4 is 16.7 Å². The molecule has 0 radical (unpaired) electrons. The second kappa shape index (κ2) is 7.53. The molecule has 0 aliphatic rings. The molecular weight excluding hydrogens is 312 g/mol. The van der Waals surface area contributed by atoms with Gasteiger partial charge in [-0.3, -0.25) is 4.79 Å². The molecule has 2 aromatic carbocycles. The Morgan fingerprint density at radius 2 is 1.88 bits per heavy atom. The Morgan fingerprint density at radius 3 is 2.56 bits per heavy atom. The van der Waals surface area contributed by atoms with Crippen LogP contribution in [0, 0.1) is 0 Å². The number of carbonyl (C=O) groups excluding carboxylic acids is 1. The van der Waals surface area contributed by atoms with Crippen LogP contribution in [0.1, 0.15) is 42.2 Å². The highest BCUT2D eigenvalue weighted by Crippen LogP contribution is 2.20. The summed E-state index contributed by atoms with van der Waals surface area (Å²) in [6.45, 7) is 4.13. The molecule has 0 spiro atoms. The number of para-hydroxylation sites is 1. The summed E-state index contributed by atoms with van der Waals surface area (Å²) in [5.41, 5.74) is 2.98. The van der Waals surface area contributed by atoms with Gasteiger partial charge in [-0.25, -0.2) is 0 Å². The Labute approximate surface area is 148 Å². The van der Waals surface area contributed by atoms with E-state index in [-0.39, 0.29) is 17.9 Å². The normalized spacial score (nSPS) is 13.6.